The van der Waals surface area contributed by atoms with Crippen LogP contribution in [0.1, 0.15) is 25.7 Å². The Balaban J connectivity index is 1.63. The highest BCUT2D eigenvalue weighted by atomic mass is 16.8. The molecule has 0 amide bonds. The van der Waals surface area contributed by atoms with Crippen LogP contribution in [0.4, 0.5) is 0 Å². The quantitative estimate of drug-likeness (QED) is 0.777. The van der Waals surface area contributed by atoms with Crippen molar-refractivity contribution in [2.75, 3.05) is 19.8 Å². The van der Waals surface area contributed by atoms with Gasteiger partial charge in [0, 0.05) is 6.42 Å². The van der Waals surface area contributed by atoms with Crippen LogP contribution in [0, 0.1) is 11.8 Å². The topological polar surface area (TPSA) is 65.0 Å². The molecule has 2 aliphatic rings. The molecular weight excluding hydrogens is 308 g/mol. The van der Waals surface area contributed by atoms with E-state index in [1.54, 1.807) is 0 Å². The third-order valence-electron chi connectivity index (χ3n) is 4.71. The van der Waals surface area contributed by atoms with E-state index in [2.05, 4.69) is 6.08 Å². The fourth-order valence-corrected chi connectivity index (χ4v) is 3.47. The van der Waals surface area contributed by atoms with Crippen molar-refractivity contribution in [2.45, 2.75) is 31.5 Å². The van der Waals surface area contributed by atoms with Gasteiger partial charge in [-0.15, -0.1) is 0 Å². The van der Waals surface area contributed by atoms with Crippen LogP contribution >= 0.6 is 0 Å². The van der Waals surface area contributed by atoms with Crippen LogP contribution in [0.25, 0.3) is 0 Å². The Morgan fingerprint density at radius 1 is 1.25 bits per heavy atom. The lowest BCUT2D eigenvalue weighted by molar-refractivity contribution is -0.139. The molecule has 5 nitrogen and oxygen atoms in total. The number of allylic oxidation sites excluding steroid dienone is 1. The Morgan fingerprint density at radius 3 is 2.71 bits per heavy atom. The number of benzene rings is 1. The monoisotopic (exact) mass is 332 g/mol. The normalized spacial score (nSPS) is 26.0. The van der Waals surface area contributed by atoms with Gasteiger partial charge < -0.3 is 19.3 Å². The maximum Gasteiger partial charge on any atom is 0.303 e. The summed E-state index contributed by atoms with van der Waals surface area (Å²) in [4.78, 5) is 11.0. The van der Waals surface area contributed by atoms with Crippen molar-refractivity contribution < 1.29 is 24.1 Å². The predicted molar refractivity (Wildman–Crippen MR) is 88.8 cm³/mol. The van der Waals surface area contributed by atoms with Gasteiger partial charge in [-0.3, -0.25) is 4.79 Å². The fourth-order valence-electron chi connectivity index (χ4n) is 3.47. The van der Waals surface area contributed by atoms with Crippen LogP contribution < -0.4 is 4.74 Å². The SMILES string of the molecule is O=C(O)C[C@H]1CCCC1/C=C/C1(COc2ccccc2)OCCO1. The molecule has 1 aliphatic carbocycles. The number of ether oxygens (including phenoxy) is 3. The highest BCUT2D eigenvalue weighted by Gasteiger charge is 2.36. The first-order valence-corrected chi connectivity index (χ1v) is 8.54. The van der Waals surface area contributed by atoms with Gasteiger partial charge in [-0.1, -0.05) is 30.7 Å². The second-order valence-electron chi connectivity index (χ2n) is 6.42. The number of carbonyl (C=O) groups is 1. The lowest BCUT2D eigenvalue weighted by atomic mass is 9.92. The number of aliphatic carboxylic acids is 1. The molecule has 1 saturated carbocycles. The molecule has 1 N–H and O–H groups in total. The van der Waals surface area contributed by atoms with Crippen LogP contribution in [0.3, 0.4) is 0 Å². The molecule has 1 heterocycles. The Kier molecular flexibility index (Phi) is 5.53. The molecule has 2 atom stereocenters. The van der Waals surface area contributed by atoms with Gasteiger partial charge in [0.25, 0.3) is 0 Å². The van der Waals surface area contributed by atoms with Crippen molar-refractivity contribution in [1.82, 2.24) is 0 Å². The molecule has 2 fully saturated rings. The Hall–Kier alpha value is -1.85. The van der Waals surface area contributed by atoms with Gasteiger partial charge >= 0.3 is 5.97 Å². The number of rotatable bonds is 7. The van der Waals surface area contributed by atoms with Crippen LogP contribution in [-0.2, 0) is 14.3 Å². The Labute approximate surface area is 142 Å². The summed E-state index contributed by atoms with van der Waals surface area (Å²) in [6.45, 7) is 1.35. The van der Waals surface area contributed by atoms with E-state index in [1.165, 1.54) is 0 Å². The van der Waals surface area contributed by atoms with Gasteiger partial charge in [-0.2, -0.15) is 0 Å². The van der Waals surface area contributed by atoms with Crippen LogP contribution in [0.5, 0.6) is 5.75 Å². The van der Waals surface area contributed by atoms with Gasteiger partial charge in [0.15, 0.2) is 0 Å². The molecule has 130 valence electrons. The maximum atomic E-state index is 11.0. The average molecular weight is 332 g/mol. The van der Waals surface area contributed by atoms with Crippen molar-refractivity contribution in [2.24, 2.45) is 11.8 Å². The van der Waals surface area contributed by atoms with Crippen molar-refractivity contribution >= 4 is 5.97 Å². The molecule has 1 unspecified atom stereocenters. The molecule has 1 saturated heterocycles. The third kappa shape index (κ3) is 4.36. The number of carboxylic acid groups (broad SMARTS) is 1. The smallest absolute Gasteiger partial charge is 0.303 e. The van der Waals surface area contributed by atoms with Crippen molar-refractivity contribution in [1.29, 1.82) is 0 Å². The minimum absolute atomic E-state index is 0.201. The zero-order valence-electron chi connectivity index (χ0n) is 13.7. The van der Waals surface area contributed by atoms with Crippen LogP contribution in [-0.4, -0.2) is 36.7 Å². The second-order valence-corrected chi connectivity index (χ2v) is 6.42. The molecule has 1 aliphatic heterocycles. The largest absolute Gasteiger partial charge is 0.488 e. The number of hydrogen-bond acceptors (Lipinski definition) is 4. The lowest BCUT2D eigenvalue weighted by Crippen LogP contribution is -2.35. The summed E-state index contributed by atoms with van der Waals surface area (Å²) in [6.07, 6.45) is 7.28. The summed E-state index contributed by atoms with van der Waals surface area (Å²) in [7, 11) is 0. The summed E-state index contributed by atoms with van der Waals surface area (Å²) < 4.78 is 17.4. The lowest BCUT2D eigenvalue weighted by Gasteiger charge is -2.25. The second kappa shape index (κ2) is 7.81. The zero-order chi connectivity index (χ0) is 16.8. The highest BCUT2D eigenvalue weighted by molar-refractivity contribution is 5.67. The van der Waals surface area contributed by atoms with Crippen LogP contribution in [0.2, 0.25) is 0 Å². The van der Waals surface area contributed by atoms with E-state index in [9.17, 15) is 4.79 Å². The van der Waals surface area contributed by atoms with Crippen LogP contribution in [0.15, 0.2) is 42.5 Å². The van der Waals surface area contributed by atoms with Gasteiger partial charge in [-0.25, -0.2) is 0 Å². The minimum atomic E-state index is -0.869. The third-order valence-corrected chi connectivity index (χ3v) is 4.71. The summed E-state index contributed by atoms with van der Waals surface area (Å²) >= 11 is 0. The first-order valence-electron chi connectivity index (χ1n) is 8.54. The fraction of sp³-hybridized carbons (Fsp3) is 0.526. The number of hydrogen-bond donors (Lipinski definition) is 1. The van der Waals surface area contributed by atoms with E-state index in [0.29, 0.717) is 13.2 Å². The van der Waals surface area contributed by atoms with Crippen molar-refractivity contribution in [3.63, 3.8) is 0 Å². The van der Waals surface area contributed by atoms with Gasteiger partial charge in [0.05, 0.1) is 13.2 Å². The summed E-state index contributed by atoms with van der Waals surface area (Å²) in [6, 6.07) is 9.57. The molecule has 24 heavy (non-hydrogen) atoms. The highest BCUT2D eigenvalue weighted by Crippen LogP contribution is 2.36. The molecule has 1 aromatic carbocycles. The Bertz CT molecular complexity index is 562. The predicted octanol–water partition coefficient (Wildman–Crippen LogP) is 3.26. The number of carboxylic acids is 1. The summed E-state index contributed by atoms with van der Waals surface area (Å²) in [5, 5.41) is 9.04. The van der Waals surface area contributed by atoms with E-state index in [0.717, 1.165) is 25.0 Å². The number of para-hydroxylation sites is 1. The molecular formula is C19H24O5. The molecule has 0 aromatic heterocycles. The van der Waals surface area contributed by atoms with E-state index in [1.807, 2.05) is 36.4 Å². The van der Waals surface area contributed by atoms with E-state index >= 15 is 0 Å². The van der Waals surface area contributed by atoms with Crippen molar-refractivity contribution in [3.05, 3.63) is 42.5 Å². The minimum Gasteiger partial charge on any atom is -0.488 e. The van der Waals surface area contributed by atoms with Gasteiger partial charge in [0.1, 0.15) is 12.4 Å². The molecule has 0 radical (unpaired) electrons. The summed E-state index contributed by atoms with van der Waals surface area (Å²) in [5.74, 6) is -0.355. The molecule has 0 spiro atoms. The molecule has 3 rings (SSSR count). The van der Waals surface area contributed by atoms with Crippen molar-refractivity contribution in [3.8, 4) is 5.75 Å². The zero-order valence-corrected chi connectivity index (χ0v) is 13.7. The first-order chi connectivity index (χ1) is 11.7. The van der Waals surface area contributed by atoms with E-state index in [4.69, 9.17) is 19.3 Å². The maximum absolute atomic E-state index is 11.0. The van der Waals surface area contributed by atoms with E-state index < -0.39 is 11.8 Å². The van der Waals surface area contributed by atoms with Gasteiger partial charge in [-0.05, 0) is 42.9 Å². The molecule has 0 bridgehead atoms. The standard InChI is InChI=1S/C19H24O5/c20-18(21)13-16-6-4-5-15(16)9-10-19(23-11-12-24-19)14-22-17-7-2-1-3-8-17/h1-3,7-10,15-16H,4-6,11-14H2,(H,20,21)/b10-9+/t15?,16-/m1/s1. The average Bonchev–Trinajstić information content (AvgIpc) is 3.22. The molecule has 5 heteroatoms. The summed E-state index contributed by atoms with van der Waals surface area (Å²) in [5.41, 5.74) is 0. The Morgan fingerprint density at radius 2 is 2.00 bits per heavy atom. The first kappa shape index (κ1) is 17.0. The van der Waals surface area contributed by atoms with E-state index in [-0.39, 0.29) is 24.9 Å². The van der Waals surface area contributed by atoms with Gasteiger partial charge in [0.2, 0.25) is 5.79 Å². The molecule has 1 aromatic rings.